The summed E-state index contributed by atoms with van der Waals surface area (Å²) < 4.78 is 0.968. The minimum absolute atomic E-state index is 0.0378. The first-order valence-corrected chi connectivity index (χ1v) is 6.61. The summed E-state index contributed by atoms with van der Waals surface area (Å²) in [5.74, 6) is -0.271. The van der Waals surface area contributed by atoms with Crippen molar-refractivity contribution in [1.29, 1.82) is 0 Å². The zero-order chi connectivity index (χ0) is 14.1. The number of nitrogen functional groups attached to an aromatic ring is 1. The highest BCUT2D eigenvalue weighted by molar-refractivity contribution is 9.10. The standard InChI is InChI=1S/C13H10BrN5O/c14-9-5-6-10(8-4-2-1-3-7(8)9)16-12(20)11-17-13(15)19-18-11/h1-6H,(H,16,20)(H3,15,17,18,19). The molecule has 0 fully saturated rings. The van der Waals surface area contributed by atoms with Crippen molar-refractivity contribution in [2.75, 3.05) is 11.1 Å². The molecule has 0 spiro atoms. The number of nitrogens with one attached hydrogen (secondary N) is 2. The van der Waals surface area contributed by atoms with Crippen molar-refractivity contribution in [3.63, 3.8) is 0 Å². The molecule has 0 aliphatic heterocycles. The maximum absolute atomic E-state index is 12.0. The van der Waals surface area contributed by atoms with E-state index in [0.717, 1.165) is 15.2 Å². The van der Waals surface area contributed by atoms with Gasteiger partial charge in [-0.2, -0.15) is 4.98 Å². The van der Waals surface area contributed by atoms with E-state index >= 15 is 0 Å². The number of H-pyrrole nitrogens is 1. The van der Waals surface area contributed by atoms with Crippen LogP contribution in [0.25, 0.3) is 10.8 Å². The Hall–Kier alpha value is -2.41. The van der Waals surface area contributed by atoms with Gasteiger partial charge in [-0.05, 0) is 17.5 Å². The maximum Gasteiger partial charge on any atom is 0.293 e. The van der Waals surface area contributed by atoms with E-state index in [1.54, 1.807) is 0 Å². The van der Waals surface area contributed by atoms with Crippen LogP contribution < -0.4 is 11.1 Å². The number of benzene rings is 2. The molecule has 3 rings (SSSR count). The molecule has 0 saturated carbocycles. The Kier molecular flexibility index (Phi) is 3.11. The molecule has 3 aromatic rings. The fourth-order valence-corrected chi connectivity index (χ4v) is 2.41. The van der Waals surface area contributed by atoms with Crippen LogP contribution >= 0.6 is 15.9 Å². The van der Waals surface area contributed by atoms with Crippen LogP contribution in [-0.2, 0) is 0 Å². The first-order valence-electron chi connectivity index (χ1n) is 5.81. The number of hydrogen-bond donors (Lipinski definition) is 3. The lowest BCUT2D eigenvalue weighted by Gasteiger charge is -2.08. The summed E-state index contributed by atoms with van der Waals surface area (Å²) in [5, 5.41) is 10.8. The molecule has 7 heteroatoms. The van der Waals surface area contributed by atoms with E-state index in [-0.39, 0.29) is 17.7 Å². The van der Waals surface area contributed by atoms with Crippen molar-refractivity contribution in [3.8, 4) is 0 Å². The van der Waals surface area contributed by atoms with E-state index < -0.39 is 0 Å². The molecule has 0 unspecified atom stereocenters. The average Bonchev–Trinajstić information content (AvgIpc) is 2.89. The molecule has 4 N–H and O–H groups in total. The number of aromatic amines is 1. The van der Waals surface area contributed by atoms with Gasteiger partial charge in [0.25, 0.3) is 5.91 Å². The van der Waals surface area contributed by atoms with Gasteiger partial charge < -0.3 is 11.1 Å². The Bertz CT molecular complexity index is 798. The number of anilines is 2. The Morgan fingerprint density at radius 2 is 1.95 bits per heavy atom. The van der Waals surface area contributed by atoms with Crippen molar-refractivity contribution in [1.82, 2.24) is 15.2 Å². The number of carbonyl (C=O) groups is 1. The molecule has 0 aliphatic rings. The number of fused-ring (bicyclic) bond motifs is 1. The third kappa shape index (κ3) is 2.23. The summed E-state index contributed by atoms with van der Waals surface area (Å²) in [7, 11) is 0. The normalized spacial score (nSPS) is 10.7. The molecule has 2 aromatic carbocycles. The summed E-state index contributed by atoms with van der Waals surface area (Å²) >= 11 is 3.49. The number of rotatable bonds is 2. The van der Waals surface area contributed by atoms with Gasteiger partial charge in [0.15, 0.2) is 0 Å². The number of carbonyl (C=O) groups excluding carboxylic acids is 1. The lowest BCUT2D eigenvalue weighted by molar-refractivity contribution is 0.101. The number of nitrogens with two attached hydrogens (primary N) is 1. The highest BCUT2D eigenvalue weighted by atomic mass is 79.9. The van der Waals surface area contributed by atoms with Gasteiger partial charge in [0, 0.05) is 15.5 Å². The number of hydrogen-bond acceptors (Lipinski definition) is 4. The summed E-state index contributed by atoms with van der Waals surface area (Å²) in [6, 6.07) is 11.5. The SMILES string of the molecule is Nc1n[nH]c(C(=O)Nc2ccc(Br)c3ccccc23)n1. The zero-order valence-electron chi connectivity index (χ0n) is 10.2. The highest BCUT2D eigenvalue weighted by Crippen LogP contribution is 2.30. The summed E-state index contributed by atoms with van der Waals surface area (Å²) in [4.78, 5) is 15.8. The number of amides is 1. The molecule has 0 atom stereocenters. The van der Waals surface area contributed by atoms with Crippen LogP contribution in [0.3, 0.4) is 0 Å². The Labute approximate surface area is 122 Å². The number of aromatic nitrogens is 3. The van der Waals surface area contributed by atoms with E-state index in [1.165, 1.54) is 0 Å². The van der Waals surface area contributed by atoms with E-state index in [1.807, 2.05) is 36.4 Å². The Morgan fingerprint density at radius 3 is 2.65 bits per heavy atom. The first kappa shape index (κ1) is 12.6. The highest BCUT2D eigenvalue weighted by Gasteiger charge is 2.13. The molecular formula is C13H10BrN5O. The second kappa shape index (κ2) is 4.93. The van der Waals surface area contributed by atoms with Crippen molar-refractivity contribution in [2.24, 2.45) is 0 Å². The molecule has 20 heavy (non-hydrogen) atoms. The molecule has 0 bridgehead atoms. The fraction of sp³-hybridized carbons (Fsp3) is 0. The smallest absolute Gasteiger partial charge is 0.293 e. The Balaban J connectivity index is 1.99. The van der Waals surface area contributed by atoms with Crippen LogP contribution in [0.4, 0.5) is 11.6 Å². The second-order valence-corrected chi connectivity index (χ2v) is 4.99. The van der Waals surface area contributed by atoms with Crippen LogP contribution in [0.1, 0.15) is 10.6 Å². The molecule has 0 radical (unpaired) electrons. The minimum Gasteiger partial charge on any atom is -0.366 e. The lowest BCUT2D eigenvalue weighted by atomic mass is 10.1. The summed E-state index contributed by atoms with van der Waals surface area (Å²) in [6.45, 7) is 0. The summed E-state index contributed by atoms with van der Waals surface area (Å²) in [5.41, 5.74) is 6.08. The molecule has 0 aliphatic carbocycles. The van der Waals surface area contributed by atoms with Gasteiger partial charge >= 0.3 is 0 Å². The van der Waals surface area contributed by atoms with Crippen LogP contribution in [0, 0.1) is 0 Å². The van der Waals surface area contributed by atoms with Crippen molar-refractivity contribution in [2.45, 2.75) is 0 Å². The molecule has 1 aromatic heterocycles. The van der Waals surface area contributed by atoms with Crippen LogP contribution in [0.5, 0.6) is 0 Å². The lowest BCUT2D eigenvalue weighted by Crippen LogP contribution is -2.14. The molecule has 1 amide bonds. The van der Waals surface area contributed by atoms with Gasteiger partial charge in [-0.15, -0.1) is 5.10 Å². The number of nitrogens with zero attached hydrogens (tertiary/aromatic N) is 2. The monoisotopic (exact) mass is 331 g/mol. The van der Waals surface area contributed by atoms with E-state index in [9.17, 15) is 4.79 Å². The number of halogens is 1. The van der Waals surface area contributed by atoms with Crippen molar-refractivity contribution >= 4 is 44.2 Å². The second-order valence-electron chi connectivity index (χ2n) is 4.14. The molecule has 0 saturated heterocycles. The van der Waals surface area contributed by atoms with Gasteiger partial charge in [0.05, 0.1) is 0 Å². The third-order valence-electron chi connectivity index (χ3n) is 2.84. The molecule has 6 nitrogen and oxygen atoms in total. The topological polar surface area (TPSA) is 96.7 Å². The van der Waals surface area contributed by atoms with Crippen LogP contribution in [0.15, 0.2) is 40.9 Å². The van der Waals surface area contributed by atoms with Gasteiger partial charge in [0.2, 0.25) is 11.8 Å². The minimum atomic E-state index is -0.387. The zero-order valence-corrected chi connectivity index (χ0v) is 11.8. The van der Waals surface area contributed by atoms with Gasteiger partial charge in [-0.25, -0.2) is 0 Å². The van der Waals surface area contributed by atoms with Gasteiger partial charge in [0.1, 0.15) is 0 Å². The van der Waals surface area contributed by atoms with Crippen molar-refractivity contribution in [3.05, 3.63) is 46.7 Å². The van der Waals surface area contributed by atoms with Crippen LogP contribution in [-0.4, -0.2) is 21.1 Å². The summed E-state index contributed by atoms with van der Waals surface area (Å²) in [6.07, 6.45) is 0. The van der Waals surface area contributed by atoms with E-state index in [0.29, 0.717) is 5.69 Å². The van der Waals surface area contributed by atoms with Gasteiger partial charge in [-0.1, -0.05) is 40.2 Å². The molecule has 100 valence electrons. The average molecular weight is 332 g/mol. The first-order chi connectivity index (χ1) is 9.65. The predicted molar refractivity (Wildman–Crippen MR) is 80.4 cm³/mol. The predicted octanol–water partition coefficient (Wildman–Crippen LogP) is 2.55. The van der Waals surface area contributed by atoms with Crippen molar-refractivity contribution < 1.29 is 4.79 Å². The Morgan fingerprint density at radius 1 is 1.20 bits per heavy atom. The quantitative estimate of drug-likeness (QED) is 0.672. The molecular weight excluding hydrogens is 322 g/mol. The largest absolute Gasteiger partial charge is 0.366 e. The van der Waals surface area contributed by atoms with E-state index in [4.69, 9.17) is 5.73 Å². The molecule has 1 heterocycles. The maximum atomic E-state index is 12.0. The van der Waals surface area contributed by atoms with Gasteiger partial charge in [-0.3, -0.25) is 9.89 Å². The fourth-order valence-electron chi connectivity index (χ4n) is 1.93. The third-order valence-corrected chi connectivity index (χ3v) is 3.53. The van der Waals surface area contributed by atoms with Crippen LogP contribution in [0.2, 0.25) is 0 Å². The van der Waals surface area contributed by atoms with E-state index in [2.05, 4.69) is 36.4 Å².